The molecule has 0 amide bonds. The minimum Gasteiger partial charge on any atom is -0.497 e. The first-order valence-electron chi connectivity index (χ1n) is 35.3. The Kier molecular flexibility index (Phi) is 25.2. The smallest absolute Gasteiger partial charge is 0.416 e. The molecule has 0 aliphatic carbocycles. The molecule has 0 aliphatic heterocycles. The minimum absolute atomic E-state index is 0.337. The molecule has 574 valence electrons. The molecule has 14 rings (SSSR count). The number of halogens is 3. The van der Waals surface area contributed by atoms with Crippen molar-refractivity contribution in [2.45, 2.75) is 32.2 Å². The zero-order valence-corrected chi connectivity index (χ0v) is 63.3. The van der Waals surface area contributed by atoms with Gasteiger partial charge in [0.1, 0.15) is 45.9 Å². The van der Waals surface area contributed by atoms with Crippen molar-refractivity contribution in [3.8, 4) is 74.0 Å². The third-order valence-corrected chi connectivity index (χ3v) is 17.8. The van der Waals surface area contributed by atoms with E-state index < -0.39 is 18.8 Å². The topological polar surface area (TPSA) is 277 Å². The predicted octanol–water partition coefficient (Wildman–Crippen LogP) is 14.8. The van der Waals surface area contributed by atoms with Crippen LogP contribution in [0.25, 0.3) is 79.0 Å². The summed E-state index contributed by atoms with van der Waals surface area (Å²) in [5.41, 5.74) is 21.7. The molecule has 26 nitrogen and oxygen atoms in total. The normalized spacial score (nSPS) is 11.6. The number of aliphatic hydroxyl groups excluding tert-OH is 1. The summed E-state index contributed by atoms with van der Waals surface area (Å²) in [6, 6.07) is 41.2. The van der Waals surface area contributed by atoms with Gasteiger partial charge in [0.2, 0.25) is 0 Å². The molecule has 6 aromatic carbocycles. The Bertz CT molecular complexity index is 5550. The van der Waals surface area contributed by atoms with Crippen molar-refractivity contribution in [1.82, 2.24) is 69.2 Å². The molecule has 0 bridgehead atoms. The van der Waals surface area contributed by atoms with Crippen LogP contribution < -0.4 is 53.6 Å². The maximum absolute atomic E-state index is 13.3. The van der Waals surface area contributed by atoms with Gasteiger partial charge < -0.3 is 58.7 Å². The molecule has 0 unspecified atom stereocenters. The van der Waals surface area contributed by atoms with Gasteiger partial charge in [0, 0.05) is 170 Å². The summed E-state index contributed by atoms with van der Waals surface area (Å²) in [6.45, 7) is 3.65. The van der Waals surface area contributed by atoms with Crippen molar-refractivity contribution in [3.63, 3.8) is 0 Å². The van der Waals surface area contributed by atoms with E-state index in [9.17, 15) is 18.3 Å². The Morgan fingerprint density at radius 2 is 0.884 bits per heavy atom. The summed E-state index contributed by atoms with van der Waals surface area (Å²) in [6.07, 6.45) is 21.1. The number of anilines is 6. The molecule has 0 saturated carbocycles. The molecule has 8 heterocycles. The van der Waals surface area contributed by atoms with Crippen molar-refractivity contribution in [2.75, 3.05) is 90.6 Å². The Balaban J connectivity index is 0.000000156. The lowest BCUT2D eigenvalue weighted by molar-refractivity contribution is -0.199. The number of nitrogens with two attached hydrogens (primary N) is 1. The van der Waals surface area contributed by atoms with Crippen LogP contribution in [0.5, 0.6) is 40.2 Å². The molecule has 8 aromatic heterocycles. The Morgan fingerprint density at radius 1 is 0.455 bits per heavy atom. The van der Waals surface area contributed by atoms with E-state index in [4.69, 9.17) is 48.9 Å². The van der Waals surface area contributed by atoms with Gasteiger partial charge in [-0.05, 0) is 116 Å². The number of fused-ring (bicyclic) bond motifs is 3. The maximum atomic E-state index is 13.3. The Labute approximate surface area is 644 Å². The summed E-state index contributed by atoms with van der Waals surface area (Å²) in [5, 5.41) is 22.8. The lowest BCUT2D eigenvalue weighted by atomic mass is 10.1. The number of aryl methyl sites for hydroxylation is 4. The second-order valence-electron chi connectivity index (χ2n) is 25.5. The molecular formula is C83H83F3N18O8. The van der Waals surface area contributed by atoms with E-state index in [2.05, 4.69) is 74.1 Å². The van der Waals surface area contributed by atoms with Crippen LogP contribution in [0, 0.1) is 6.92 Å². The molecule has 29 heteroatoms. The number of hydrogen-bond acceptors (Lipinski definition) is 23. The molecule has 0 aliphatic rings. The Morgan fingerprint density at radius 3 is 1.29 bits per heavy atom. The molecule has 0 fully saturated rings. The van der Waals surface area contributed by atoms with Gasteiger partial charge in [-0.1, -0.05) is 12.2 Å². The summed E-state index contributed by atoms with van der Waals surface area (Å²) < 4.78 is 83.5. The number of methoxy groups -OCH3 is 7. The average Bonchev–Trinajstić information content (AvgIpc) is 1.01. The third kappa shape index (κ3) is 19.5. The number of aromatic nitrogens is 14. The zero-order chi connectivity index (χ0) is 78.8. The molecular weight excluding hydrogens is 1430 g/mol. The summed E-state index contributed by atoms with van der Waals surface area (Å²) in [4.78, 5) is 42.7. The fraction of sp³-hybridized carbons (Fsp3) is 0.217. The SMILES string of the molecule is COc1cc(OC)cc(N(C/C=C/c2cc(C)ccn2)c2ccc3ncc(-c4cnn(C)c4)nc3c2)c1.COc1cc(OC)cc(N(C/C=C/c2ncccc2OC)c2ccc3ncc(-c4cnn(C)c4)nc3c2)c1.COc1cc(OC)cc(N(C[C@H](O)C(F)(F)F)c2ccc3ncc(-c4cnn(CCCN)c4)nc3c2)c1. The highest BCUT2D eigenvalue weighted by Crippen LogP contribution is 2.39. The van der Waals surface area contributed by atoms with Gasteiger partial charge in [0.25, 0.3) is 0 Å². The third-order valence-electron chi connectivity index (χ3n) is 17.8. The van der Waals surface area contributed by atoms with Gasteiger partial charge in [-0.2, -0.15) is 28.5 Å². The number of aliphatic hydroxyl groups is 1. The number of benzene rings is 6. The fourth-order valence-electron chi connectivity index (χ4n) is 12.0. The van der Waals surface area contributed by atoms with Gasteiger partial charge in [-0.25, -0.2) is 15.0 Å². The van der Waals surface area contributed by atoms with Crippen molar-refractivity contribution in [1.29, 1.82) is 0 Å². The maximum Gasteiger partial charge on any atom is 0.416 e. The molecule has 14 aromatic rings. The highest BCUT2D eigenvalue weighted by atomic mass is 19.4. The molecule has 0 saturated heterocycles. The number of ether oxygens (including phenoxy) is 7. The van der Waals surface area contributed by atoms with Crippen LogP contribution in [0.3, 0.4) is 0 Å². The number of nitrogens with zero attached hydrogens (tertiary/aromatic N) is 17. The summed E-state index contributed by atoms with van der Waals surface area (Å²) in [5.74, 6) is 4.29. The van der Waals surface area contributed by atoms with Crippen LogP contribution in [-0.4, -0.2) is 163 Å². The summed E-state index contributed by atoms with van der Waals surface area (Å²) >= 11 is 0. The monoisotopic (exact) mass is 1520 g/mol. The molecule has 3 N–H and O–H groups in total. The number of alkyl halides is 3. The van der Waals surface area contributed by atoms with E-state index in [1.807, 2.05) is 148 Å². The van der Waals surface area contributed by atoms with Crippen LogP contribution >= 0.6 is 0 Å². The molecule has 0 radical (unpaired) electrons. The van der Waals surface area contributed by atoms with Crippen molar-refractivity contribution < 1.29 is 51.4 Å². The van der Waals surface area contributed by atoms with Gasteiger partial charge in [-0.3, -0.25) is 39.0 Å². The van der Waals surface area contributed by atoms with Crippen LogP contribution in [0.4, 0.5) is 47.3 Å². The van der Waals surface area contributed by atoms with E-state index in [1.54, 1.807) is 129 Å². The number of hydrogen-bond donors (Lipinski definition) is 2. The van der Waals surface area contributed by atoms with E-state index in [0.29, 0.717) is 94.5 Å². The van der Waals surface area contributed by atoms with E-state index in [-0.39, 0.29) is 0 Å². The molecule has 1 atom stereocenters. The first-order valence-corrected chi connectivity index (χ1v) is 35.3. The quantitative estimate of drug-likeness (QED) is 0.0484. The second kappa shape index (κ2) is 36.1. The fourth-order valence-corrected chi connectivity index (χ4v) is 12.0. The summed E-state index contributed by atoms with van der Waals surface area (Å²) in [7, 11) is 14.9. The van der Waals surface area contributed by atoms with Crippen LogP contribution in [0.2, 0.25) is 0 Å². The lowest BCUT2D eigenvalue weighted by Crippen LogP contribution is -2.39. The highest BCUT2D eigenvalue weighted by molar-refractivity contribution is 5.86. The van der Waals surface area contributed by atoms with Crippen LogP contribution in [-0.2, 0) is 20.6 Å². The van der Waals surface area contributed by atoms with Gasteiger partial charge in [-0.15, -0.1) is 0 Å². The minimum atomic E-state index is -4.81. The number of pyridine rings is 2. The first kappa shape index (κ1) is 78.1. The standard InChI is InChI=1S/C29H28N6O3.C29H28N6O2.C25H27F3N6O3/c1-34-19-20(17-32-34)28-18-31-25-10-9-21(15-27(25)33-28)35(22-13-23(36-2)16-24(14-22)37-3)12-6-7-26-29(38-4)8-5-11-30-26;1-20-9-10-30-22(12-20)6-5-11-35(24-13-25(36-3)16-26(14-24)37-4)23-7-8-27-28(15-23)33-29(18-31-27)21-17-32-34(2)19-21;1-36-19-8-18(9-20(11-19)37-2)34(15-24(35)25(26,27)28)17-4-5-21-22(10-17)32-23(13-30-21)16-12-31-33(14-16)7-3-6-29/h5-11,13-19H,12H2,1-4H3;5-10,12-19H,11H2,1-4H3;4-5,8-14,24,35H,3,6-7,15,29H2,1-2H3/b7-6+;6-5+;/t;;24-/m..0/s1. The highest BCUT2D eigenvalue weighted by Gasteiger charge is 2.40. The van der Waals surface area contributed by atoms with E-state index in [1.165, 1.54) is 24.7 Å². The van der Waals surface area contributed by atoms with Crippen LogP contribution in [0.1, 0.15) is 23.4 Å². The van der Waals surface area contributed by atoms with Gasteiger partial charge in [0.15, 0.2) is 6.10 Å². The van der Waals surface area contributed by atoms with Crippen molar-refractivity contribution >= 4 is 79.4 Å². The first-order chi connectivity index (χ1) is 54.3. The lowest BCUT2D eigenvalue weighted by Gasteiger charge is -2.29. The van der Waals surface area contributed by atoms with Crippen molar-refractivity contribution in [2.24, 2.45) is 19.8 Å². The van der Waals surface area contributed by atoms with Gasteiger partial charge in [0.05, 0.1) is 149 Å². The number of rotatable bonds is 27. The van der Waals surface area contributed by atoms with Crippen LogP contribution in [0.15, 0.2) is 214 Å². The zero-order valence-electron chi connectivity index (χ0n) is 63.3. The Hall–Kier alpha value is -13.5. The average molecular weight is 1520 g/mol. The van der Waals surface area contributed by atoms with Crippen molar-refractivity contribution in [3.05, 3.63) is 231 Å². The predicted molar refractivity (Wildman–Crippen MR) is 427 cm³/mol. The molecule has 0 spiro atoms. The largest absolute Gasteiger partial charge is 0.497 e. The van der Waals surface area contributed by atoms with E-state index >= 15 is 0 Å². The van der Waals surface area contributed by atoms with E-state index in [0.717, 1.165) is 90.7 Å². The molecule has 112 heavy (non-hydrogen) atoms. The second-order valence-corrected chi connectivity index (χ2v) is 25.5. The van der Waals surface area contributed by atoms with Gasteiger partial charge >= 0.3 is 6.18 Å².